The maximum atomic E-state index is 11.3. The molecule has 0 fully saturated rings. The van der Waals surface area contributed by atoms with Gasteiger partial charge in [0.2, 0.25) is 0 Å². The second-order valence-electron chi connectivity index (χ2n) is 2.56. The van der Waals surface area contributed by atoms with Crippen molar-refractivity contribution in [2.45, 2.75) is 0 Å². The molecule has 2 aromatic heterocycles. The van der Waals surface area contributed by atoms with E-state index in [9.17, 15) is 4.79 Å². The summed E-state index contributed by atoms with van der Waals surface area (Å²) >= 11 is 0. The zero-order chi connectivity index (χ0) is 9.26. The molecule has 0 aliphatic heterocycles. The van der Waals surface area contributed by atoms with Crippen LogP contribution in [0.5, 0.6) is 0 Å². The minimum absolute atomic E-state index is 0.179. The van der Waals surface area contributed by atoms with Crippen LogP contribution in [-0.2, 0) is 0 Å². The molecule has 2 rings (SSSR count). The number of nitrogens with zero attached hydrogens (tertiary/aromatic N) is 2. The monoisotopic (exact) mass is 173 g/mol. The van der Waals surface area contributed by atoms with Crippen LogP contribution in [-0.4, -0.2) is 15.0 Å². The molecule has 0 aliphatic carbocycles. The molecule has 13 heavy (non-hydrogen) atoms. The van der Waals surface area contributed by atoms with E-state index in [2.05, 4.69) is 21.5 Å². The highest BCUT2D eigenvalue weighted by molar-refractivity contribution is 5.84. The Labute approximate surface area is 74.0 Å². The van der Waals surface area contributed by atoms with E-state index < -0.39 is 0 Å². The van der Waals surface area contributed by atoms with Crippen molar-refractivity contribution < 1.29 is 0 Å². The zero-order valence-corrected chi connectivity index (χ0v) is 6.82. The largest absolute Gasteiger partial charge is 0.328 e. The number of hydrogen-bond donors (Lipinski definition) is 1. The molecule has 2 aromatic rings. The van der Waals surface area contributed by atoms with Crippen LogP contribution >= 0.6 is 0 Å². The summed E-state index contributed by atoms with van der Waals surface area (Å²) in [6.45, 7) is 3.56. The second kappa shape index (κ2) is 2.82. The molecule has 0 saturated heterocycles. The number of aromatic amines is 1. The predicted molar refractivity (Wildman–Crippen MR) is 50.2 cm³/mol. The van der Waals surface area contributed by atoms with E-state index >= 15 is 0 Å². The topological polar surface area (TPSA) is 58.6 Å². The number of aromatic nitrogens is 3. The molecule has 4 heteroatoms. The lowest BCUT2D eigenvalue weighted by Gasteiger charge is -1.97. The average molecular weight is 173 g/mol. The Balaban J connectivity index is 3.00. The van der Waals surface area contributed by atoms with Crippen molar-refractivity contribution in [3.05, 3.63) is 41.2 Å². The standard InChI is InChI=1S/C9H7N3O/c1-2-7-8-6(3-10-5-12-8)4-11-9(7)13/h2-5H,1H2,(H,11,13). The Morgan fingerprint density at radius 1 is 1.54 bits per heavy atom. The molecule has 64 valence electrons. The van der Waals surface area contributed by atoms with Crippen molar-refractivity contribution in [3.63, 3.8) is 0 Å². The molecule has 0 unspecified atom stereocenters. The summed E-state index contributed by atoms with van der Waals surface area (Å²) in [6, 6.07) is 0. The lowest BCUT2D eigenvalue weighted by molar-refractivity contribution is 1.18. The SMILES string of the molecule is C=Cc1c(=O)[nH]cc2cncnc12. The molecular weight excluding hydrogens is 166 g/mol. The van der Waals surface area contributed by atoms with E-state index in [-0.39, 0.29) is 5.56 Å². The first-order valence-electron chi connectivity index (χ1n) is 3.77. The number of hydrogen-bond acceptors (Lipinski definition) is 3. The molecule has 0 atom stereocenters. The maximum Gasteiger partial charge on any atom is 0.257 e. The molecule has 0 saturated carbocycles. The van der Waals surface area contributed by atoms with Crippen molar-refractivity contribution in [1.82, 2.24) is 15.0 Å². The number of rotatable bonds is 1. The van der Waals surface area contributed by atoms with Gasteiger partial charge in [-0.2, -0.15) is 0 Å². The van der Waals surface area contributed by atoms with Crippen molar-refractivity contribution in [3.8, 4) is 0 Å². The van der Waals surface area contributed by atoms with Crippen LogP contribution in [0, 0.1) is 0 Å². The van der Waals surface area contributed by atoms with E-state index in [1.165, 1.54) is 12.4 Å². The highest BCUT2D eigenvalue weighted by Gasteiger charge is 2.02. The van der Waals surface area contributed by atoms with E-state index in [4.69, 9.17) is 0 Å². The minimum Gasteiger partial charge on any atom is -0.328 e. The number of pyridine rings is 1. The van der Waals surface area contributed by atoms with Gasteiger partial charge in [-0.15, -0.1) is 0 Å². The van der Waals surface area contributed by atoms with E-state index in [1.54, 1.807) is 12.4 Å². The van der Waals surface area contributed by atoms with Crippen LogP contribution in [0.25, 0.3) is 17.0 Å². The van der Waals surface area contributed by atoms with Crippen LogP contribution in [0.4, 0.5) is 0 Å². The first-order valence-corrected chi connectivity index (χ1v) is 3.77. The summed E-state index contributed by atoms with van der Waals surface area (Å²) < 4.78 is 0. The Morgan fingerprint density at radius 3 is 3.15 bits per heavy atom. The van der Waals surface area contributed by atoms with Gasteiger partial charge in [-0.3, -0.25) is 4.79 Å². The molecular formula is C9H7N3O. The third kappa shape index (κ3) is 1.12. The third-order valence-electron chi connectivity index (χ3n) is 1.80. The van der Waals surface area contributed by atoms with Gasteiger partial charge in [0.1, 0.15) is 6.33 Å². The quantitative estimate of drug-likeness (QED) is 0.698. The summed E-state index contributed by atoms with van der Waals surface area (Å²) in [5.74, 6) is 0. The summed E-state index contributed by atoms with van der Waals surface area (Å²) in [5.41, 5.74) is 0.940. The number of nitrogens with one attached hydrogen (secondary N) is 1. The van der Waals surface area contributed by atoms with E-state index in [0.29, 0.717) is 11.1 Å². The lowest BCUT2D eigenvalue weighted by Crippen LogP contribution is -2.09. The van der Waals surface area contributed by atoms with Gasteiger partial charge in [0.25, 0.3) is 5.56 Å². The fourth-order valence-corrected chi connectivity index (χ4v) is 1.19. The lowest BCUT2D eigenvalue weighted by atomic mass is 10.2. The molecule has 1 N–H and O–H groups in total. The minimum atomic E-state index is -0.179. The third-order valence-corrected chi connectivity index (χ3v) is 1.80. The Kier molecular flexibility index (Phi) is 1.66. The molecule has 2 heterocycles. The van der Waals surface area contributed by atoms with Crippen molar-refractivity contribution in [1.29, 1.82) is 0 Å². The van der Waals surface area contributed by atoms with Gasteiger partial charge < -0.3 is 4.98 Å². The molecule has 0 aromatic carbocycles. The zero-order valence-electron chi connectivity index (χ0n) is 6.82. The van der Waals surface area contributed by atoms with Crippen LogP contribution in [0.2, 0.25) is 0 Å². The van der Waals surface area contributed by atoms with Gasteiger partial charge in [-0.1, -0.05) is 12.7 Å². The van der Waals surface area contributed by atoms with E-state index in [1.807, 2.05) is 0 Å². The molecule has 0 bridgehead atoms. The smallest absolute Gasteiger partial charge is 0.257 e. The fraction of sp³-hybridized carbons (Fsp3) is 0. The number of fused-ring (bicyclic) bond motifs is 1. The van der Waals surface area contributed by atoms with Crippen molar-refractivity contribution in [2.75, 3.05) is 0 Å². The molecule has 0 amide bonds. The van der Waals surface area contributed by atoms with Gasteiger partial charge in [-0.25, -0.2) is 9.97 Å². The van der Waals surface area contributed by atoms with Gasteiger partial charge in [0.05, 0.1) is 11.1 Å². The fourth-order valence-electron chi connectivity index (χ4n) is 1.19. The normalized spacial score (nSPS) is 10.2. The van der Waals surface area contributed by atoms with Gasteiger partial charge in [-0.05, 0) is 0 Å². The maximum absolute atomic E-state index is 11.3. The van der Waals surface area contributed by atoms with Crippen LogP contribution < -0.4 is 5.56 Å². The van der Waals surface area contributed by atoms with Crippen molar-refractivity contribution in [2.24, 2.45) is 0 Å². The highest BCUT2D eigenvalue weighted by atomic mass is 16.1. The molecule has 0 spiro atoms. The number of H-pyrrole nitrogens is 1. The van der Waals surface area contributed by atoms with Gasteiger partial charge >= 0.3 is 0 Å². The van der Waals surface area contributed by atoms with Crippen molar-refractivity contribution >= 4 is 17.0 Å². The first kappa shape index (κ1) is 7.67. The average Bonchev–Trinajstić information content (AvgIpc) is 2.18. The summed E-state index contributed by atoms with van der Waals surface area (Å²) in [4.78, 5) is 21.7. The van der Waals surface area contributed by atoms with Crippen LogP contribution in [0.15, 0.2) is 30.1 Å². The predicted octanol–water partition coefficient (Wildman–Crippen LogP) is 0.961. The Morgan fingerprint density at radius 2 is 2.38 bits per heavy atom. The highest BCUT2D eigenvalue weighted by Crippen LogP contribution is 2.10. The van der Waals surface area contributed by atoms with Gasteiger partial charge in [0, 0.05) is 17.8 Å². The molecule has 4 nitrogen and oxygen atoms in total. The summed E-state index contributed by atoms with van der Waals surface area (Å²) in [6.07, 6.45) is 6.14. The van der Waals surface area contributed by atoms with E-state index in [0.717, 1.165) is 5.39 Å². The van der Waals surface area contributed by atoms with Crippen LogP contribution in [0.3, 0.4) is 0 Å². The first-order chi connectivity index (χ1) is 6.33. The Hall–Kier alpha value is -1.97. The molecule has 0 aliphatic rings. The summed E-state index contributed by atoms with van der Waals surface area (Å²) in [5, 5.41) is 0.803. The summed E-state index contributed by atoms with van der Waals surface area (Å²) in [7, 11) is 0. The second-order valence-corrected chi connectivity index (χ2v) is 2.56. The Bertz CT molecular complexity index is 515. The van der Waals surface area contributed by atoms with Crippen LogP contribution in [0.1, 0.15) is 5.56 Å². The molecule has 0 radical (unpaired) electrons. The van der Waals surface area contributed by atoms with Gasteiger partial charge in [0.15, 0.2) is 0 Å².